The van der Waals surface area contributed by atoms with Crippen molar-refractivity contribution in [3.63, 3.8) is 0 Å². The van der Waals surface area contributed by atoms with Crippen LogP contribution >= 0.6 is 23.2 Å². The molecular weight excluding hydrogens is 463 g/mol. The van der Waals surface area contributed by atoms with E-state index < -0.39 is 0 Å². The van der Waals surface area contributed by atoms with Crippen LogP contribution < -0.4 is 10.6 Å². The quantitative estimate of drug-likeness (QED) is 0.582. The summed E-state index contributed by atoms with van der Waals surface area (Å²) in [4.78, 5) is 39.5. The van der Waals surface area contributed by atoms with Gasteiger partial charge in [0.25, 0.3) is 0 Å². The van der Waals surface area contributed by atoms with Crippen LogP contribution in [0.15, 0.2) is 42.5 Å². The van der Waals surface area contributed by atoms with Gasteiger partial charge in [0.05, 0.1) is 15.7 Å². The minimum Gasteiger partial charge on any atom is -0.349 e. The topological polar surface area (TPSA) is 81.8 Å². The molecule has 33 heavy (non-hydrogen) atoms. The van der Waals surface area contributed by atoms with Gasteiger partial charge in [0, 0.05) is 45.7 Å². The van der Waals surface area contributed by atoms with Crippen LogP contribution in [0.2, 0.25) is 10.0 Å². The number of anilines is 2. The Balaban J connectivity index is 1.48. The lowest BCUT2D eigenvalue weighted by atomic mass is 9.89. The summed E-state index contributed by atoms with van der Waals surface area (Å²) in [7, 11) is 3.34. The van der Waals surface area contributed by atoms with E-state index in [9.17, 15) is 14.4 Å². The lowest BCUT2D eigenvalue weighted by Crippen LogP contribution is -2.40. The monoisotopic (exact) mass is 490 g/mol. The van der Waals surface area contributed by atoms with Crippen LogP contribution in [-0.4, -0.2) is 54.8 Å². The zero-order valence-electron chi connectivity index (χ0n) is 18.7. The molecule has 2 N–H and O–H groups in total. The standard InChI is InChI=1S/C24H28Cl2N4O3/c1-29(2)22(32)11-10-21(31)27-18-8-6-16(7-9-18)17-12-14-30(15-13-17)24(33)28-23-19(25)4-3-5-20(23)26/h3-9,17H,10-15H2,1-2H3,(H,27,31)(H,28,33). The lowest BCUT2D eigenvalue weighted by molar-refractivity contribution is -0.130. The first kappa shape index (κ1) is 24.9. The van der Waals surface area contributed by atoms with E-state index in [4.69, 9.17) is 23.2 Å². The molecule has 176 valence electrons. The number of likely N-dealkylation sites (tertiary alicyclic amines) is 1. The van der Waals surface area contributed by atoms with Crippen LogP contribution in [0.3, 0.4) is 0 Å². The number of nitrogens with one attached hydrogen (secondary N) is 2. The third-order valence-electron chi connectivity index (χ3n) is 5.71. The summed E-state index contributed by atoms with van der Waals surface area (Å²) in [6.45, 7) is 1.24. The summed E-state index contributed by atoms with van der Waals surface area (Å²) in [5.41, 5.74) is 2.30. The number of urea groups is 1. The first-order chi connectivity index (χ1) is 15.7. The van der Waals surface area contributed by atoms with Gasteiger partial charge in [-0.3, -0.25) is 9.59 Å². The fourth-order valence-electron chi connectivity index (χ4n) is 3.73. The van der Waals surface area contributed by atoms with Gasteiger partial charge in [-0.05, 0) is 48.6 Å². The number of halogens is 2. The zero-order chi connectivity index (χ0) is 24.0. The van der Waals surface area contributed by atoms with Gasteiger partial charge in [0.15, 0.2) is 0 Å². The van der Waals surface area contributed by atoms with Crippen molar-refractivity contribution in [1.29, 1.82) is 0 Å². The molecule has 0 spiro atoms. The molecule has 2 aromatic rings. The Hall–Kier alpha value is -2.77. The molecular formula is C24H28Cl2N4O3. The second-order valence-electron chi connectivity index (χ2n) is 8.25. The maximum absolute atomic E-state index is 12.6. The van der Waals surface area contributed by atoms with Gasteiger partial charge < -0.3 is 20.4 Å². The highest BCUT2D eigenvalue weighted by molar-refractivity contribution is 6.39. The number of amides is 4. The molecule has 2 aromatic carbocycles. The molecule has 1 aliphatic rings. The third-order valence-corrected chi connectivity index (χ3v) is 6.34. The van der Waals surface area contributed by atoms with Gasteiger partial charge in [-0.1, -0.05) is 41.4 Å². The number of nitrogens with zero attached hydrogens (tertiary/aromatic N) is 2. The summed E-state index contributed by atoms with van der Waals surface area (Å²) in [5.74, 6) is 0.0757. The summed E-state index contributed by atoms with van der Waals surface area (Å²) in [6, 6.07) is 12.6. The highest BCUT2D eigenvalue weighted by atomic mass is 35.5. The summed E-state index contributed by atoms with van der Waals surface area (Å²) >= 11 is 12.3. The molecule has 1 fully saturated rings. The Morgan fingerprint density at radius 2 is 1.55 bits per heavy atom. The maximum atomic E-state index is 12.6. The number of carbonyl (C=O) groups excluding carboxylic acids is 3. The molecule has 3 rings (SSSR count). The van der Waals surface area contributed by atoms with Crippen molar-refractivity contribution in [3.05, 3.63) is 58.1 Å². The molecule has 0 radical (unpaired) electrons. The average Bonchev–Trinajstić information content (AvgIpc) is 2.80. The molecule has 0 unspecified atom stereocenters. The Labute approximate surface area is 204 Å². The van der Waals surface area contributed by atoms with Crippen molar-refractivity contribution in [3.8, 4) is 0 Å². The molecule has 0 atom stereocenters. The largest absolute Gasteiger partial charge is 0.349 e. The van der Waals surface area contributed by atoms with E-state index in [0.29, 0.717) is 40.4 Å². The maximum Gasteiger partial charge on any atom is 0.321 e. The van der Waals surface area contributed by atoms with Crippen LogP contribution in [-0.2, 0) is 9.59 Å². The smallest absolute Gasteiger partial charge is 0.321 e. The third kappa shape index (κ3) is 6.85. The van der Waals surface area contributed by atoms with E-state index in [1.807, 2.05) is 24.3 Å². The molecule has 0 bridgehead atoms. The van der Waals surface area contributed by atoms with Crippen molar-refractivity contribution in [1.82, 2.24) is 9.80 Å². The number of hydrogen-bond acceptors (Lipinski definition) is 3. The van der Waals surface area contributed by atoms with Crippen molar-refractivity contribution >= 4 is 52.4 Å². The van der Waals surface area contributed by atoms with Gasteiger partial charge in [0.2, 0.25) is 11.8 Å². The molecule has 0 aromatic heterocycles. The number of hydrogen-bond donors (Lipinski definition) is 2. The molecule has 1 heterocycles. The predicted molar refractivity (Wildman–Crippen MR) is 132 cm³/mol. The number of carbonyl (C=O) groups is 3. The van der Waals surface area contributed by atoms with Crippen molar-refractivity contribution in [2.75, 3.05) is 37.8 Å². The van der Waals surface area contributed by atoms with Crippen LogP contribution in [0.25, 0.3) is 0 Å². The highest BCUT2D eigenvalue weighted by Crippen LogP contribution is 2.32. The second-order valence-corrected chi connectivity index (χ2v) is 9.06. The van der Waals surface area contributed by atoms with E-state index in [2.05, 4.69) is 10.6 Å². The molecule has 1 saturated heterocycles. The van der Waals surface area contributed by atoms with E-state index in [-0.39, 0.29) is 30.7 Å². The Bertz CT molecular complexity index is 983. The Morgan fingerprint density at radius 3 is 2.12 bits per heavy atom. The minimum absolute atomic E-state index is 0.0736. The van der Waals surface area contributed by atoms with Gasteiger partial charge in [-0.15, -0.1) is 0 Å². The molecule has 0 aliphatic carbocycles. The SMILES string of the molecule is CN(C)C(=O)CCC(=O)Nc1ccc(C2CCN(C(=O)Nc3c(Cl)cccc3Cl)CC2)cc1. The van der Waals surface area contributed by atoms with Gasteiger partial charge in [-0.2, -0.15) is 0 Å². The van der Waals surface area contributed by atoms with E-state index in [1.165, 1.54) is 10.5 Å². The zero-order valence-corrected chi connectivity index (χ0v) is 20.2. The van der Waals surface area contributed by atoms with Gasteiger partial charge in [0.1, 0.15) is 0 Å². The Morgan fingerprint density at radius 1 is 0.939 bits per heavy atom. The molecule has 1 aliphatic heterocycles. The number of benzene rings is 2. The summed E-state index contributed by atoms with van der Waals surface area (Å²) < 4.78 is 0. The van der Waals surface area contributed by atoms with Crippen LogP contribution in [0, 0.1) is 0 Å². The molecule has 7 nitrogen and oxygen atoms in total. The number of piperidine rings is 1. The van der Waals surface area contributed by atoms with Gasteiger partial charge in [-0.25, -0.2) is 4.79 Å². The summed E-state index contributed by atoms with van der Waals surface area (Å²) in [5, 5.41) is 6.45. The fourth-order valence-corrected chi connectivity index (χ4v) is 4.22. The highest BCUT2D eigenvalue weighted by Gasteiger charge is 2.24. The first-order valence-corrected chi connectivity index (χ1v) is 11.6. The van der Waals surface area contributed by atoms with E-state index in [0.717, 1.165) is 12.8 Å². The molecule has 0 saturated carbocycles. The lowest BCUT2D eigenvalue weighted by Gasteiger charge is -2.32. The normalized spacial score (nSPS) is 14.0. The van der Waals surface area contributed by atoms with Crippen LogP contribution in [0.4, 0.5) is 16.2 Å². The van der Waals surface area contributed by atoms with E-state index >= 15 is 0 Å². The fraction of sp³-hybridized carbons (Fsp3) is 0.375. The van der Waals surface area contributed by atoms with Crippen LogP contribution in [0.1, 0.15) is 37.2 Å². The second kappa shape index (κ2) is 11.4. The van der Waals surface area contributed by atoms with Crippen molar-refractivity contribution < 1.29 is 14.4 Å². The minimum atomic E-state index is -0.214. The number of rotatable bonds is 6. The predicted octanol–water partition coefficient (Wildman–Crippen LogP) is 5.21. The van der Waals surface area contributed by atoms with E-state index in [1.54, 1.807) is 37.2 Å². The van der Waals surface area contributed by atoms with Crippen molar-refractivity contribution in [2.24, 2.45) is 0 Å². The Kier molecular flexibility index (Phi) is 8.58. The van der Waals surface area contributed by atoms with Crippen LogP contribution in [0.5, 0.6) is 0 Å². The van der Waals surface area contributed by atoms with Gasteiger partial charge >= 0.3 is 6.03 Å². The van der Waals surface area contributed by atoms with Crippen molar-refractivity contribution in [2.45, 2.75) is 31.6 Å². The summed E-state index contributed by atoms with van der Waals surface area (Å²) in [6.07, 6.45) is 2.01. The molecule has 9 heteroatoms. The number of para-hydroxylation sites is 1. The first-order valence-electron chi connectivity index (χ1n) is 10.8. The average molecular weight is 491 g/mol. The molecule has 4 amide bonds.